The van der Waals surface area contributed by atoms with E-state index in [2.05, 4.69) is 20.4 Å². The fourth-order valence-electron chi connectivity index (χ4n) is 3.52. The first-order chi connectivity index (χ1) is 14.4. The molecular weight excluding hydrogens is 406 g/mol. The summed E-state index contributed by atoms with van der Waals surface area (Å²) < 4.78 is 55.0. The number of nitrogens with zero attached hydrogens (tertiary/aromatic N) is 4. The van der Waals surface area contributed by atoms with E-state index in [-0.39, 0.29) is 35.6 Å². The Bertz CT molecular complexity index is 1100. The van der Waals surface area contributed by atoms with Gasteiger partial charge in [-0.3, -0.25) is 14.8 Å². The van der Waals surface area contributed by atoms with Crippen molar-refractivity contribution < 1.29 is 27.5 Å². The monoisotopic (exact) mass is 421 g/mol. The van der Waals surface area contributed by atoms with Gasteiger partial charge in [-0.25, -0.2) is 17.6 Å². The number of aromatic amines is 1. The van der Waals surface area contributed by atoms with Crippen LogP contribution in [0.5, 0.6) is 0 Å². The van der Waals surface area contributed by atoms with Gasteiger partial charge in [0.15, 0.2) is 29.1 Å². The fraction of sp³-hybridized carbons (Fsp3) is 0.263. The van der Waals surface area contributed by atoms with Crippen LogP contribution in [0.4, 0.5) is 23.4 Å². The maximum atomic E-state index is 15.0. The van der Waals surface area contributed by atoms with Crippen LogP contribution in [-0.2, 0) is 17.8 Å². The van der Waals surface area contributed by atoms with Gasteiger partial charge in [0, 0.05) is 23.6 Å². The third kappa shape index (κ3) is 3.41. The van der Waals surface area contributed by atoms with Gasteiger partial charge in [-0.2, -0.15) is 15.3 Å². The molecule has 1 saturated heterocycles. The van der Waals surface area contributed by atoms with Crippen molar-refractivity contribution in [3.8, 4) is 11.3 Å². The summed E-state index contributed by atoms with van der Waals surface area (Å²) in [6, 6.07) is 1.68. The molecule has 1 amide bonds. The highest BCUT2D eigenvalue weighted by Gasteiger charge is 2.36. The maximum absolute atomic E-state index is 15.0. The molecule has 1 fully saturated rings. The number of anilines is 1. The number of nitrogens with one attached hydrogen (secondary N) is 1. The summed E-state index contributed by atoms with van der Waals surface area (Å²) in [5, 5.41) is 23.1. The Labute approximate surface area is 167 Å². The average molecular weight is 421 g/mol. The molecule has 1 aliphatic heterocycles. The van der Waals surface area contributed by atoms with E-state index in [1.165, 1.54) is 12.4 Å². The number of aliphatic hydroxyl groups excluding tert-OH is 1. The zero-order valence-electron chi connectivity index (χ0n) is 15.4. The third-order valence-corrected chi connectivity index (χ3v) is 5.04. The average Bonchev–Trinajstić information content (AvgIpc) is 3.28. The number of benzene rings is 1. The number of amides is 1. The smallest absolute Gasteiger partial charge is 0.231 e. The molecule has 0 bridgehead atoms. The van der Waals surface area contributed by atoms with Crippen LogP contribution < -0.4 is 4.90 Å². The van der Waals surface area contributed by atoms with E-state index < -0.39 is 41.7 Å². The highest BCUT2D eigenvalue weighted by molar-refractivity contribution is 5.97. The molecule has 0 spiro atoms. The van der Waals surface area contributed by atoms with Crippen LogP contribution in [0.1, 0.15) is 17.5 Å². The fourth-order valence-corrected chi connectivity index (χ4v) is 3.52. The van der Waals surface area contributed by atoms with Crippen molar-refractivity contribution >= 4 is 11.7 Å². The first-order valence-corrected chi connectivity index (χ1v) is 9.00. The molecule has 11 heteroatoms. The molecular formula is C19H15F4N5O2. The lowest BCUT2D eigenvalue weighted by molar-refractivity contribution is -0.120. The predicted molar refractivity (Wildman–Crippen MR) is 96.0 cm³/mol. The van der Waals surface area contributed by atoms with Crippen LogP contribution in [0.25, 0.3) is 11.3 Å². The lowest BCUT2D eigenvalue weighted by Crippen LogP contribution is -2.28. The van der Waals surface area contributed by atoms with Gasteiger partial charge in [0.1, 0.15) is 5.69 Å². The number of aromatic nitrogens is 4. The second-order valence-electron chi connectivity index (χ2n) is 6.88. The molecule has 3 heterocycles. The Balaban J connectivity index is 1.57. The molecule has 4 rings (SSSR count). The van der Waals surface area contributed by atoms with Crippen LogP contribution in [0.3, 0.4) is 0 Å². The van der Waals surface area contributed by atoms with E-state index >= 15 is 4.39 Å². The van der Waals surface area contributed by atoms with E-state index in [1.807, 2.05) is 0 Å². The van der Waals surface area contributed by atoms with Gasteiger partial charge in [0.2, 0.25) is 5.91 Å². The second kappa shape index (κ2) is 7.82. The number of halogens is 4. The second-order valence-corrected chi connectivity index (χ2v) is 6.88. The van der Waals surface area contributed by atoms with E-state index in [0.717, 1.165) is 17.0 Å². The Morgan fingerprint density at radius 2 is 1.80 bits per heavy atom. The number of carbonyl (C=O) groups excluding carboxylic acids is 1. The molecule has 0 radical (unpaired) electrons. The number of hydrogen-bond acceptors (Lipinski definition) is 5. The van der Waals surface area contributed by atoms with Crippen LogP contribution in [0, 0.1) is 29.2 Å². The van der Waals surface area contributed by atoms with Crippen molar-refractivity contribution in [3.05, 3.63) is 58.9 Å². The van der Waals surface area contributed by atoms with Gasteiger partial charge in [0.25, 0.3) is 0 Å². The zero-order chi connectivity index (χ0) is 21.4. The molecule has 1 unspecified atom stereocenters. The van der Waals surface area contributed by atoms with Gasteiger partial charge < -0.3 is 5.11 Å². The Kier molecular flexibility index (Phi) is 5.20. The molecule has 7 nitrogen and oxygen atoms in total. The zero-order valence-corrected chi connectivity index (χ0v) is 15.4. The topological polar surface area (TPSA) is 95.0 Å². The molecule has 156 valence electrons. The van der Waals surface area contributed by atoms with E-state index in [0.29, 0.717) is 12.0 Å². The molecule has 1 aliphatic rings. The van der Waals surface area contributed by atoms with E-state index in [1.54, 1.807) is 0 Å². The molecule has 3 aromatic rings. The van der Waals surface area contributed by atoms with Crippen molar-refractivity contribution in [2.24, 2.45) is 5.92 Å². The summed E-state index contributed by atoms with van der Waals surface area (Å²) in [5.41, 5.74) is 0.655. The first-order valence-electron chi connectivity index (χ1n) is 9.00. The van der Waals surface area contributed by atoms with Gasteiger partial charge >= 0.3 is 0 Å². The molecule has 2 N–H and O–H groups in total. The normalized spacial score (nSPS) is 16.5. The third-order valence-electron chi connectivity index (χ3n) is 5.04. The van der Waals surface area contributed by atoms with Crippen LogP contribution in [-0.4, -0.2) is 38.0 Å². The molecule has 30 heavy (non-hydrogen) atoms. The van der Waals surface area contributed by atoms with Crippen molar-refractivity contribution in [2.45, 2.75) is 19.4 Å². The van der Waals surface area contributed by atoms with Gasteiger partial charge in [-0.1, -0.05) is 0 Å². The van der Waals surface area contributed by atoms with Crippen LogP contribution in [0.15, 0.2) is 24.5 Å². The molecule has 2 aromatic heterocycles. The van der Waals surface area contributed by atoms with Crippen molar-refractivity contribution in [1.82, 2.24) is 20.4 Å². The Hall–Kier alpha value is -3.34. The summed E-state index contributed by atoms with van der Waals surface area (Å²) in [5.74, 6) is -6.39. The minimum Gasteiger partial charge on any atom is -0.392 e. The summed E-state index contributed by atoms with van der Waals surface area (Å²) in [6.45, 7) is -0.244. The SMILES string of the molecule is O=C1C(Cc2cc(F)c(F)c(F)c2)CCN1c1n[nH]c(-c2cnncc2CO)c1F. The summed E-state index contributed by atoms with van der Waals surface area (Å²) in [4.78, 5) is 13.9. The van der Waals surface area contributed by atoms with Crippen molar-refractivity contribution in [3.63, 3.8) is 0 Å². The van der Waals surface area contributed by atoms with Gasteiger partial charge in [-0.15, -0.1) is 0 Å². The number of rotatable bonds is 5. The van der Waals surface area contributed by atoms with Gasteiger partial charge in [0.05, 0.1) is 19.0 Å². The highest BCUT2D eigenvalue weighted by Crippen LogP contribution is 2.33. The predicted octanol–water partition coefficient (Wildman–Crippen LogP) is 2.51. The number of aliphatic hydroxyl groups is 1. The first kappa shape index (κ1) is 20.0. The summed E-state index contributed by atoms with van der Waals surface area (Å²) in [7, 11) is 0. The Morgan fingerprint density at radius 3 is 2.50 bits per heavy atom. The van der Waals surface area contributed by atoms with Crippen LogP contribution >= 0.6 is 0 Å². The van der Waals surface area contributed by atoms with Crippen LogP contribution in [0.2, 0.25) is 0 Å². The highest BCUT2D eigenvalue weighted by atomic mass is 19.2. The number of carbonyl (C=O) groups is 1. The van der Waals surface area contributed by atoms with Crippen molar-refractivity contribution in [1.29, 1.82) is 0 Å². The molecule has 0 aliphatic carbocycles. The molecule has 1 aromatic carbocycles. The lowest BCUT2D eigenvalue weighted by Gasteiger charge is -2.14. The quantitative estimate of drug-likeness (QED) is 0.488. The largest absolute Gasteiger partial charge is 0.392 e. The van der Waals surface area contributed by atoms with E-state index in [4.69, 9.17) is 0 Å². The Morgan fingerprint density at radius 1 is 1.10 bits per heavy atom. The lowest BCUT2D eigenvalue weighted by atomic mass is 9.98. The van der Waals surface area contributed by atoms with Crippen molar-refractivity contribution in [2.75, 3.05) is 11.4 Å². The minimum absolute atomic E-state index is 0.0225. The maximum Gasteiger partial charge on any atom is 0.231 e. The molecule has 1 atom stereocenters. The van der Waals surface area contributed by atoms with Gasteiger partial charge in [-0.05, 0) is 30.5 Å². The standard InChI is InChI=1S/C19H15F4N5O2/c20-13-4-9(5-14(21)15(13)22)3-10-1-2-28(19(10)30)18-16(23)17(26-27-18)12-7-25-24-6-11(12)8-29/h4-7,10,29H,1-3,8H2,(H,26,27). The summed E-state index contributed by atoms with van der Waals surface area (Å²) in [6.07, 6.45) is 2.83. The van der Waals surface area contributed by atoms with E-state index in [9.17, 15) is 23.1 Å². The molecule has 0 saturated carbocycles. The number of H-pyrrole nitrogens is 1. The minimum atomic E-state index is -1.57. The number of hydrogen-bond donors (Lipinski definition) is 2. The summed E-state index contributed by atoms with van der Waals surface area (Å²) >= 11 is 0.